The Hall–Kier alpha value is -2.29. The van der Waals surface area contributed by atoms with Crippen molar-refractivity contribution in [1.29, 1.82) is 0 Å². The molecule has 21 heavy (non-hydrogen) atoms. The first-order valence-corrected chi connectivity index (χ1v) is 7.37. The average molecular weight is 296 g/mol. The third-order valence-electron chi connectivity index (χ3n) is 2.87. The van der Waals surface area contributed by atoms with Crippen LogP contribution in [0.4, 0.5) is 0 Å². The van der Waals surface area contributed by atoms with Gasteiger partial charge in [0.05, 0.1) is 5.75 Å². The Morgan fingerprint density at radius 2 is 1.90 bits per heavy atom. The van der Waals surface area contributed by atoms with E-state index in [-0.39, 0.29) is 6.61 Å². The zero-order chi connectivity index (χ0) is 14.5. The molecular formula is C16H12N2O2S. The van der Waals surface area contributed by atoms with Crippen LogP contribution in [-0.4, -0.2) is 27.7 Å². The fourth-order valence-electron chi connectivity index (χ4n) is 1.91. The molecule has 104 valence electrons. The van der Waals surface area contributed by atoms with Crippen molar-refractivity contribution in [2.45, 2.75) is 5.22 Å². The first-order valence-electron chi connectivity index (χ1n) is 6.39. The van der Waals surface area contributed by atoms with Crippen molar-refractivity contribution >= 4 is 22.5 Å². The van der Waals surface area contributed by atoms with E-state index < -0.39 is 0 Å². The Balaban J connectivity index is 1.80. The number of aliphatic hydroxyl groups excluding tert-OH is 1. The molecule has 0 atom stereocenters. The van der Waals surface area contributed by atoms with E-state index in [9.17, 15) is 0 Å². The minimum atomic E-state index is -0.132. The second-order valence-corrected chi connectivity index (χ2v) is 5.16. The third kappa shape index (κ3) is 3.24. The number of hydrogen-bond acceptors (Lipinski definition) is 5. The van der Waals surface area contributed by atoms with Gasteiger partial charge in [0.15, 0.2) is 0 Å². The minimum Gasteiger partial charge on any atom is -0.411 e. The molecule has 3 aromatic rings. The molecule has 4 nitrogen and oxygen atoms in total. The first kappa shape index (κ1) is 13.7. The molecular weight excluding hydrogens is 284 g/mol. The molecule has 0 bridgehead atoms. The molecule has 0 aliphatic rings. The van der Waals surface area contributed by atoms with Crippen LogP contribution in [0.1, 0.15) is 0 Å². The summed E-state index contributed by atoms with van der Waals surface area (Å²) in [5.74, 6) is 6.38. The van der Waals surface area contributed by atoms with Crippen LogP contribution in [0.5, 0.6) is 0 Å². The smallest absolute Gasteiger partial charge is 0.277 e. The molecule has 0 amide bonds. The molecule has 0 saturated carbocycles. The lowest BCUT2D eigenvalue weighted by molar-refractivity contribution is 0.350. The largest absolute Gasteiger partial charge is 0.411 e. The maximum absolute atomic E-state index is 8.57. The molecule has 0 spiro atoms. The molecule has 1 heterocycles. The van der Waals surface area contributed by atoms with Gasteiger partial charge in [-0.3, -0.25) is 0 Å². The van der Waals surface area contributed by atoms with Gasteiger partial charge in [-0.15, -0.1) is 10.2 Å². The van der Waals surface area contributed by atoms with Crippen molar-refractivity contribution in [1.82, 2.24) is 10.2 Å². The summed E-state index contributed by atoms with van der Waals surface area (Å²) in [6.07, 6.45) is 0. The minimum absolute atomic E-state index is 0.132. The van der Waals surface area contributed by atoms with Crippen molar-refractivity contribution in [3.63, 3.8) is 0 Å². The van der Waals surface area contributed by atoms with Crippen LogP contribution in [0, 0.1) is 11.8 Å². The highest BCUT2D eigenvalue weighted by Crippen LogP contribution is 2.26. The molecule has 0 fully saturated rings. The number of thioether (sulfide) groups is 1. The van der Waals surface area contributed by atoms with E-state index in [4.69, 9.17) is 9.52 Å². The number of hydrogen-bond donors (Lipinski definition) is 1. The number of nitrogens with zero attached hydrogens (tertiary/aromatic N) is 2. The fourth-order valence-corrected chi connectivity index (χ4v) is 2.45. The zero-order valence-corrected chi connectivity index (χ0v) is 11.9. The molecule has 0 radical (unpaired) electrons. The van der Waals surface area contributed by atoms with E-state index in [1.165, 1.54) is 17.1 Å². The summed E-state index contributed by atoms with van der Waals surface area (Å²) in [4.78, 5) is 0. The Labute approximate surface area is 126 Å². The highest BCUT2D eigenvalue weighted by Gasteiger charge is 2.09. The molecule has 0 unspecified atom stereocenters. The van der Waals surface area contributed by atoms with E-state index >= 15 is 0 Å². The van der Waals surface area contributed by atoms with Crippen LogP contribution >= 0.6 is 11.8 Å². The van der Waals surface area contributed by atoms with E-state index in [2.05, 4.69) is 34.2 Å². The predicted octanol–water partition coefficient (Wildman–Crippen LogP) is 2.98. The van der Waals surface area contributed by atoms with Crippen molar-refractivity contribution in [2.75, 3.05) is 12.4 Å². The molecule has 5 heteroatoms. The van der Waals surface area contributed by atoms with Crippen molar-refractivity contribution in [3.05, 3.63) is 42.5 Å². The van der Waals surface area contributed by atoms with Crippen LogP contribution in [0.3, 0.4) is 0 Å². The molecule has 2 aromatic carbocycles. The summed E-state index contributed by atoms with van der Waals surface area (Å²) >= 11 is 1.35. The Morgan fingerprint density at radius 1 is 1.05 bits per heavy atom. The topological polar surface area (TPSA) is 59.2 Å². The van der Waals surface area contributed by atoms with E-state index in [1.54, 1.807) is 0 Å². The molecule has 0 aliphatic heterocycles. The number of benzene rings is 2. The monoisotopic (exact) mass is 296 g/mol. The van der Waals surface area contributed by atoms with Gasteiger partial charge in [0, 0.05) is 5.56 Å². The van der Waals surface area contributed by atoms with Gasteiger partial charge in [-0.25, -0.2) is 0 Å². The fraction of sp³-hybridized carbons (Fsp3) is 0.125. The number of aromatic nitrogens is 2. The normalized spacial score (nSPS) is 10.3. The van der Waals surface area contributed by atoms with Crippen LogP contribution in [0.15, 0.2) is 52.1 Å². The molecule has 1 aromatic heterocycles. The van der Waals surface area contributed by atoms with Gasteiger partial charge in [0.1, 0.15) is 6.61 Å². The maximum atomic E-state index is 8.57. The van der Waals surface area contributed by atoms with Gasteiger partial charge in [0.2, 0.25) is 5.89 Å². The predicted molar refractivity (Wildman–Crippen MR) is 82.8 cm³/mol. The van der Waals surface area contributed by atoms with Crippen LogP contribution in [0.25, 0.3) is 22.2 Å². The third-order valence-corrected chi connectivity index (χ3v) is 3.58. The van der Waals surface area contributed by atoms with Crippen LogP contribution in [-0.2, 0) is 0 Å². The van der Waals surface area contributed by atoms with Gasteiger partial charge >= 0.3 is 0 Å². The quantitative estimate of drug-likeness (QED) is 0.595. The van der Waals surface area contributed by atoms with E-state index in [0.717, 1.165) is 10.9 Å². The lowest BCUT2D eigenvalue weighted by atomic mass is 10.1. The second-order valence-electron chi connectivity index (χ2n) is 4.24. The van der Waals surface area contributed by atoms with Gasteiger partial charge in [0.25, 0.3) is 5.22 Å². The summed E-state index contributed by atoms with van der Waals surface area (Å²) < 4.78 is 5.61. The SMILES string of the molecule is OCC#CCSc1nnc(-c2ccc3ccccc3c2)o1. The molecule has 1 N–H and O–H groups in total. The van der Waals surface area contributed by atoms with Gasteiger partial charge in [-0.1, -0.05) is 53.9 Å². The summed E-state index contributed by atoms with van der Waals surface area (Å²) in [6.45, 7) is -0.132. The maximum Gasteiger partial charge on any atom is 0.277 e. The highest BCUT2D eigenvalue weighted by molar-refractivity contribution is 7.99. The average Bonchev–Trinajstić information content (AvgIpc) is 3.00. The zero-order valence-electron chi connectivity index (χ0n) is 11.1. The van der Waals surface area contributed by atoms with E-state index in [1.807, 2.05) is 30.3 Å². The van der Waals surface area contributed by atoms with E-state index in [0.29, 0.717) is 16.9 Å². The number of aliphatic hydroxyl groups is 1. The van der Waals surface area contributed by atoms with Crippen LogP contribution in [0.2, 0.25) is 0 Å². The summed E-state index contributed by atoms with van der Waals surface area (Å²) in [5.41, 5.74) is 0.898. The van der Waals surface area contributed by atoms with Crippen LogP contribution < -0.4 is 0 Å². The van der Waals surface area contributed by atoms with Crippen molar-refractivity contribution in [2.24, 2.45) is 0 Å². The summed E-state index contributed by atoms with van der Waals surface area (Å²) in [7, 11) is 0. The van der Waals surface area contributed by atoms with Crippen molar-refractivity contribution in [3.8, 4) is 23.3 Å². The second kappa shape index (κ2) is 6.44. The van der Waals surface area contributed by atoms with Gasteiger partial charge in [-0.05, 0) is 22.9 Å². The van der Waals surface area contributed by atoms with Crippen molar-refractivity contribution < 1.29 is 9.52 Å². The Kier molecular flexibility index (Phi) is 4.20. The van der Waals surface area contributed by atoms with Gasteiger partial charge in [-0.2, -0.15) is 0 Å². The first-order chi connectivity index (χ1) is 10.4. The summed E-state index contributed by atoms with van der Waals surface area (Å²) in [5, 5.41) is 19.4. The van der Waals surface area contributed by atoms with Gasteiger partial charge < -0.3 is 9.52 Å². The lowest BCUT2D eigenvalue weighted by Gasteiger charge is -1.99. The lowest BCUT2D eigenvalue weighted by Crippen LogP contribution is -1.79. The molecule has 0 saturated heterocycles. The Morgan fingerprint density at radius 3 is 2.76 bits per heavy atom. The Bertz CT molecular complexity index is 818. The highest BCUT2D eigenvalue weighted by atomic mass is 32.2. The number of fused-ring (bicyclic) bond motifs is 1. The molecule has 3 rings (SSSR count). The number of rotatable bonds is 3. The molecule has 0 aliphatic carbocycles. The standard InChI is InChI=1S/C16H12N2O2S/c19-9-3-4-10-21-16-18-17-15(20-16)14-8-7-12-5-1-2-6-13(12)11-14/h1-2,5-8,11,19H,9-10H2. The summed E-state index contributed by atoms with van der Waals surface area (Å²) in [6, 6.07) is 14.2.